The zero-order valence-electron chi connectivity index (χ0n) is 18.5. The van der Waals surface area contributed by atoms with Gasteiger partial charge in [-0.25, -0.2) is 4.99 Å². The Kier molecular flexibility index (Phi) is 5.80. The Morgan fingerprint density at radius 3 is 1.77 bits per heavy atom. The molecule has 0 saturated heterocycles. The molecule has 0 aromatic heterocycles. The summed E-state index contributed by atoms with van der Waals surface area (Å²) in [6.45, 7) is 11.8. The Bertz CT molecular complexity index is 1030. The van der Waals surface area contributed by atoms with Gasteiger partial charge in [-0.1, -0.05) is 87.5 Å². The Morgan fingerprint density at radius 2 is 1.27 bits per heavy atom. The van der Waals surface area contributed by atoms with E-state index in [9.17, 15) is 0 Å². The van der Waals surface area contributed by atoms with E-state index in [4.69, 9.17) is 9.73 Å². The number of benzene rings is 3. The van der Waals surface area contributed by atoms with Gasteiger partial charge in [0.1, 0.15) is 6.61 Å². The van der Waals surface area contributed by atoms with Crippen molar-refractivity contribution in [1.82, 2.24) is 0 Å². The average molecular weight is 416 g/mol. The van der Waals surface area contributed by atoms with Crippen LogP contribution in [0.4, 0.5) is 0 Å². The molecule has 3 aromatic rings. The fourth-order valence-corrected chi connectivity index (χ4v) is 6.58. The Labute approximate surface area is 181 Å². The first-order chi connectivity index (χ1) is 14.4. The second-order valence-electron chi connectivity index (χ2n) is 9.05. The van der Waals surface area contributed by atoms with Crippen LogP contribution in [0.5, 0.6) is 0 Å². The van der Waals surface area contributed by atoms with E-state index >= 15 is 0 Å². The summed E-state index contributed by atoms with van der Waals surface area (Å²) >= 11 is 0. The van der Waals surface area contributed by atoms with Gasteiger partial charge in [-0.15, -0.1) is 0 Å². The maximum absolute atomic E-state index is 6.16. The summed E-state index contributed by atoms with van der Waals surface area (Å²) in [6.07, 6.45) is 0. The Balaban J connectivity index is 1.90. The van der Waals surface area contributed by atoms with E-state index in [0.29, 0.717) is 6.61 Å². The van der Waals surface area contributed by atoms with Gasteiger partial charge in [0.15, 0.2) is 0 Å². The maximum atomic E-state index is 6.16. The standard InChI is InChI=1S/C27H30NOP/c1-19-12-6-9-15-22(19)30(23-16-10-7-13-20(23)2)24-17-11-8-14-21(24)26-28-25(18-29-26)27(3,4)5/h6-17,25H,18H2,1-5H3. The fraction of sp³-hybridized carbons (Fsp3) is 0.296. The van der Waals surface area contributed by atoms with E-state index in [1.807, 2.05) is 0 Å². The predicted molar refractivity (Wildman–Crippen MR) is 130 cm³/mol. The van der Waals surface area contributed by atoms with Crippen molar-refractivity contribution in [3.63, 3.8) is 0 Å². The van der Waals surface area contributed by atoms with Crippen LogP contribution in [0.25, 0.3) is 0 Å². The van der Waals surface area contributed by atoms with Crippen molar-refractivity contribution in [3.8, 4) is 0 Å². The van der Waals surface area contributed by atoms with Crippen LogP contribution >= 0.6 is 7.92 Å². The molecule has 3 heteroatoms. The molecule has 0 N–H and O–H groups in total. The van der Waals surface area contributed by atoms with E-state index in [1.165, 1.54) is 27.0 Å². The number of aliphatic imine (C=N–C) groups is 1. The highest BCUT2D eigenvalue weighted by atomic mass is 31.1. The van der Waals surface area contributed by atoms with E-state index in [0.717, 1.165) is 11.5 Å². The lowest BCUT2D eigenvalue weighted by molar-refractivity contribution is 0.236. The third-order valence-electron chi connectivity index (χ3n) is 5.74. The van der Waals surface area contributed by atoms with Crippen LogP contribution in [0, 0.1) is 19.3 Å². The van der Waals surface area contributed by atoms with Crippen molar-refractivity contribution in [1.29, 1.82) is 0 Å². The van der Waals surface area contributed by atoms with Crippen molar-refractivity contribution in [2.24, 2.45) is 10.4 Å². The van der Waals surface area contributed by atoms with Crippen molar-refractivity contribution in [3.05, 3.63) is 89.5 Å². The molecule has 1 atom stereocenters. The Morgan fingerprint density at radius 1 is 0.767 bits per heavy atom. The molecule has 0 saturated carbocycles. The largest absolute Gasteiger partial charge is 0.475 e. The summed E-state index contributed by atoms with van der Waals surface area (Å²) in [6, 6.07) is 26.4. The minimum absolute atomic E-state index is 0.0907. The minimum atomic E-state index is -0.728. The van der Waals surface area contributed by atoms with Gasteiger partial charge < -0.3 is 4.74 Å². The first-order valence-electron chi connectivity index (χ1n) is 10.6. The summed E-state index contributed by atoms with van der Waals surface area (Å²) in [7, 11) is -0.728. The van der Waals surface area contributed by atoms with E-state index in [1.54, 1.807) is 0 Å². The average Bonchev–Trinajstić information content (AvgIpc) is 3.22. The lowest BCUT2D eigenvalue weighted by atomic mass is 9.88. The van der Waals surface area contributed by atoms with Gasteiger partial charge in [-0.05, 0) is 60.3 Å². The van der Waals surface area contributed by atoms with Crippen LogP contribution in [0.1, 0.15) is 37.5 Å². The maximum Gasteiger partial charge on any atom is 0.217 e. The second-order valence-corrected chi connectivity index (χ2v) is 11.2. The molecule has 0 spiro atoms. The van der Waals surface area contributed by atoms with E-state index in [-0.39, 0.29) is 11.5 Å². The highest BCUT2D eigenvalue weighted by Gasteiger charge is 2.32. The molecule has 1 aliphatic heterocycles. The van der Waals surface area contributed by atoms with Crippen LogP contribution < -0.4 is 15.9 Å². The molecule has 1 aliphatic rings. The fourth-order valence-electron chi connectivity index (χ4n) is 3.83. The molecule has 0 fully saturated rings. The Hall–Kier alpha value is -2.44. The number of hydrogen-bond acceptors (Lipinski definition) is 2. The van der Waals surface area contributed by atoms with Crippen molar-refractivity contribution in [2.75, 3.05) is 6.61 Å². The van der Waals surface area contributed by atoms with Crippen LogP contribution in [0.3, 0.4) is 0 Å². The quantitative estimate of drug-likeness (QED) is 0.533. The molecule has 4 rings (SSSR count). The molecule has 154 valence electrons. The van der Waals surface area contributed by atoms with Gasteiger partial charge in [0, 0.05) is 5.56 Å². The van der Waals surface area contributed by atoms with Crippen molar-refractivity contribution in [2.45, 2.75) is 40.7 Å². The summed E-state index contributed by atoms with van der Waals surface area (Å²) < 4.78 is 6.16. The number of nitrogens with zero attached hydrogens (tertiary/aromatic N) is 1. The van der Waals surface area contributed by atoms with Crippen molar-refractivity contribution >= 4 is 29.7 Å². The minimum Gasteiger partial charge on any atom is -0.475 e. The van der Waals surface area contributed by atoms with Crippen molar-refractivity contribution < 1.29 is 4.74 Å². The highest BCUT2D eigenvalue weighted by molar-refractivity contribution is 7.80. The zero-order valence-corrected chi connectivity index (χ0v) is 19.4. The molecule has 0 aliphatic carbocycles. The number of hydrogen-bond donors (Lipinski definition) is 0. The predicted octanol–water partition coefficient (Wildman–Crippen LogP) is 5.25. The normalized spacial score (nSPS) is 16.5. The lowest BCUT2D eigenvalue weighted by Crippen LogP contribution is -2.27. The van der Waals surface area contributed by atoms with Gasteiger partial charge in [-0.2, -0.15) is 0 Å². The molecule has 0 bridgehead atoms. The van der Waals surface area contributed by atoms with Crippen LogP contribution in [-0.4, -0.2) is 18.5 Å². The molecule has 2 nitrogen and oxygen atoms in total. The molecule has 3 aromatic carbocycles. The van der Waals surface area contributed by atoms with Gasteiger partial charge >= 0.3 is 0 Å². The highest BCUT2D eigenvalue weighted by Crippen LogP contribution is 2.37. The van der Waals surface area contributed by atoms with Crippen LogP contribution in [-0.2, 0) is 4.74 Å². The molecule has 0 amide bonds. The SMILES string of the molecule is Cc1ccccc1P(c1ccccc1C)c1ccccc1C1=NC(C(C)(C)C)CO1. The summed E-state index contributed by atoms with van der Waals surface area (Å²) in [5.41, 5.74) is 3.86. The van der Waals surface area contributed by atoms with Gasteiger partial charge in [0.25, 0.3) is 0 Å². The third kappa shape index (κ3) is 4.07. The number of aryl methyl sites for hydroxylation is 2. The first-order valence-corrected chi connectivity index (χ1v) is 11.9. The lowest BCUT2D eigenvalue weighted by Gasteiger charge is -2.25. The molecular formula is C27H30NOP. The summed E-state index contributed by atoms with van der Waals surface area (Å²) in [5, 5.41) is 4.09. The molecule has 1 heterocycles. The number of rotatable bonds is 4. The van der Waals surface area contributed by atoms with Gasteiger partial charge in [-0.3, -0.25) is 0 Å². The van der Waals surface area contributed by atoms with Crippen LogP contribution in [0.15, 0.2) is 77.8 Å². The number of ether oxygens (including phenoxy) is 1. The smallest absolute Gasteiger partial charge is 0.217 e. The molecular weight excluding hydrogens is 385 g/mol. The molecule has 0 radical (unpaired) electrons. The van der Waals surface area contributed by atoms with Crippen LogP contribution in [0.2, 0.25) is 0 Å². The van der Waals surface area contributed by atoms with Gasteiger partial charge in [0.05, 0.1) is 6.04 Å². The summed E-state index contributed by atoms with van der Waals surface area (Å²) in [5.74, 6) is 0.792. The van der Waals surface area contributed by atoms with E-state index < -0.39 is 7.92 Å². The zero-order chi connectivity index (χ0) is 21.3. The third-order valence-corrected chi connectivity index (χ3v) is 8.58. The second kappa shape index (κ2) is 8.36. The monoisotopic (exact) mass is 415 g/mol. The summed E-state index contributed by atoms with van der Waals surface area (Å²) in [4.78, 5) is 5.01. The van der Waals surface area contributed by atoms with E-state index in [2.05, 4.69) is 107 Å². The molecule has 1 unspecified atom stereocenters. The topological polar surface area (TPSA) is 21.6 Å². The molecule has 30 heavy (non-hydrogen) atoms. The first kappa shape index (κ1) is 20.8. The van der Waals surface area contributed by atoms with Gasteiger partial charge in [0.2, 0.25) is 5.90 Å².